The van der Waals surface area contributed by atoms with Crippen molar-refractivity contribution in [1.82, 2.24) is 19.6 Å². The Morgan fingerprint density at radius 1 is 1.08 bits per heavy atom. The lowest BCUT2D eigenvalue weighted by atomic mass is 10.1. The fourth-order valence-corrected chi connectivity index (χ4v) is 3.67. The number of piperazine rings is 1. The zero-order valence-corrected chi connectivity index (χ0v) is 15.6. The minimum Gasteiger partial charge on any atom is -0.478 e. The van der Waals surface area contributed by atoms with Crippen LogP contribution in [-0.4, -0.2) is 58.3 Å². The van der Waals surface area contributed by atoms with Gasteiger partial charge in [-0.05, 0) is 19.4 Å². The lowest BCUT2D eigenvalue weighted by Gasteiger charge is -2.34. The number of benzene rings is 1. The first-order valence-corrected chi connectivity index (χ1v) is 9.39. The van der Waals surface area contributed by atoms with Crippen LogP contribution in [0.5, 0.6) is 5.88 Å². The van der Waals surface area contributed by atoms with Crippen molar-refractivity contribution in [3.63, 3.8) is 0 Å². The number of hydrogen-bond donors (Lipinski definition) is 0. The van der Waals surface area contributed by atoms with Crippen LogP contribution in [-0.2, 0) is 13.1 Å². The van der Waals surface area contributed by atoms with Gasteiger partial charge in [0.15, 0.2) is 5.69 Å². The van der Waals surface area contributed by atoms with Crippen molar-refractivity contribution >= 4 is 5.91 Å². The van der Waals surface area contributed by atoms with Gasteiger partial charge < -0.3 is 9.64 Å². The van der Waals surface area contributed by atoms with Gasteiger partial charge in [0.05, 0.1) is 6.61 Å². The largest absolute Gasteiger partial charge is 0.478 e. The van der Waals surface area contributed by atoms with E-state index in [2.05, 4.69) is 41.2 Å². The molecule has 4 rings (SSSR count). The summed E-state index contributed by atoms with van der Waals surface area (Å²) in [6.07, 6.45) is 0.944. The molecule has 0 saturated carbocycles. The summed E-state index contributed by atoms with van der Waals surface area (Å²) in [7, 11) is 0. The molecular weight excluding hydrogens is 328 g/mol. The van der Waals surface area contributed by atoms with Gasteiger partial charge in [-0.15, -0.1) is 0 Å². The fraction of sp³-hybridized carbons (Fsp3) is 0.500. The topological polar surface area (TPSA) is 50.6 Å². The first-order valence-electron chi connectivity index (χ1n) is 9.39. The molecule has 0 atom stereocenters. The SMILES string of the molecule is Cc1ccc(CN2CCN(C(=O)c3nn4c(c3C)OCCC4)CC2)cc1. The van der Waals surface area contributed by atoms with Gasteiger partial charge >= 0.3 is 0 Å². The highest BCUT2D eigenvalue weighted by Gasteiger charge is 2.28. The summed E-state index contributed by atoms with van der Waals surface area (Å²) in [6, 6.07) is 8.68. The van der Waals surface area contributed by atoms with Crippen molar-refractivity contribution in [3.8, 4) is 5.88 Å². The molecule has 0 unspecified atom stereocenters. The predicted octanol–water partition coefficient (Wildman–Crippen LogP) is 2.24. The van der Waals surface area contributed by atoms with E-state index in [1.807, 2.05) is 16.5 Å². The molecule has 138 valence electrons. The van der Waals surface area contributed by atoms with E-state index >= 15 is 0 Å². The van der Waals surface area contributed by atoms with Crippen molar-refractivity contribution < 1.29 is 9.53 Å². The maximum atomic E-state index is 12.9. The van der Waals surface area contributed by atoms with Crippen molar-refractivity contribution in [2.24, 2.45) is 0 Å². The van der Waals surface area contributed by atoms with Crippen molar-refractivity contribution in [2.45, 2.75) is 33.4 Å². The lowest BCUT2D eigenvalue weighted by molar-refractivity contribution is 0.0621. The second-order valence-corrected chi connectivity index (χ2v) is 7.26. The van der Waals surface area contributed by atoms with E-state index < -0.39 is 0 Å². The molecule has 0 spiro atoms. The van der Waals surface area contributed by atoms with E-state index in [-0.39, 0.29) is 5.91 Å². The second-order valence-electron chi connectivity index (χ2n) is 7.26. The zero-order chi connectivity index (χ0) is 18.1. The van der Waals surface area contributed by atoms with Gasteiger partial charge in [0, 0.05) is 51.3 Å². The Kier molecular flexibility index (Phi) is 4.68. The van der Waals surface area contributed by atoms with Gasteiger partial charge in [-0.2, -0.15) is 5.10 Å². The Bertz CT molecular complexity index is 789. The van der Waals surface area contributed by atoms with Crippen LogP contribution < -0.4 is 4.74 Å². The molecule has 26 heavy (non-hydrogen) atoms. The first-order chi connectivity index (χ1) is 12.6. The Morgan fingerprint density at radius 2 is 1.81 bits per heavy atom. The number of amides is 1. The first kappa shape index (κ1) is 17.1. The van der Waals surface area contributed by atoms with E-state index in [1.165, 1.54) is 11.1 Å². The monoisotopic (exact) mass is 354 g/mol. The maximum Gasteiger partial charge on any atom is 0.274 e. The third kappa shape index (κ3) is 3.33. The Morgan fingerprint density at radius 3 is 2.50 bits per heavy atom. The molecule has 6 heteroatoms. The van der Waals surface area contributed by atoms with Gasteiger partial charge in [0.1, 0.15) is 0 Å². The minimum atomic E-state index is 0.0305. The molecule has 0 radical (unpaired) electrons. The highest BCUT2D eigenvalue weighted by molar-refractivity contribution is 5.94. The zero-order valence-electron chi connectivity index (χ0n) is 15.6. The molecular formula is C20H26N4O2. The molecule has 0 bridgehead atoms. The van der Waals surface area contributed by atoms with E-state index in [4.69, 9.17) is 4.74 Å². The van der Waals surface area contributed by atoms with Gasteiger partial charge in [-0.3, -0.25) is 9.69 Å². The molecule has 0 N–H and O–H groups in total. The quantitative estimate of drug-likeness (QED) is 0.848. The van der Waals surface area contributed by atoms with Crippen LogP contribution in [0.3, 0.4) is 0 Å². The fourth-order valence-electron chi connectivity index (χ4n) is 3.67. The maximum absolute atomic E-state index is 12.9. The number of rotatable bonds is 3. The third-order valence-corrected chi connectivity index (χ3v) is 5.27. The van der Waals surface area contributed by atoms with Crippen LogP contribution in [0.25, 0.3) is 0 Å². The molecule has 1 aromatic heterocycles. The van der Waals surface area contributed by atoms with Crippen molar-refractivity contribution in [3.05, 3.63) is 46.6 Å². The molecule has 2 aromatic rings. The van der Waals surface area contributed by atoms with E-state index in [0.717, 1.165) is 57.1 Å². The minimum absolute atomic E-state index is 0.0305. The number of aryl methyl sites for hydroxylation is 2. The highest BCUT2D eigenvalue weighted by Crippen LogP contribution is 2.26. The number of hydrogen-bond acceptors (Lipinski definition) is 4. The normalized spacial score (nSPS) is 17.7. The average molecular weight is 354 g/mol. The van der Waals surface area contributed by atoms with E-state index in [0.29, 0.717) is 12.3 Å². The summed E-state index contributed by atoms with van der Waals surface area (Å²) in [4.78, 5) is 17.2. The van der Waals surface area contributed by atoms with Crippen molar-refractivity contribution in [2.75, 3.05) is 32.8 Å². The van der Waals surface area contributed by atoms with Gasteiger partial charge in [-0.25, -0.2) is 4.68 Å². The number of fused-ring (bicyclic) bond motifs is 1. The molecule has 1 saturated heterocycles. The summed E-state index contributed by atoms with van der Waals surface area (Å²) in [5.41, 5.74) is 4.03. The number of nitrogens with zero attached hydrogens (tertiary/aromatic N) is 4. The summed E-state index contributed by atoms with van der Waals surface area (Å²) in [5, 5.41) is 4.51. The number of carbonyl (C=O) groups excluding carboxylic acids is 1. The third-order valence-electron chi connectivity index (χ3n) is 5.27. The molecule has 1 amide bonds. The van der Waals surface area contributed by atoms with Gasteiger partial charge in [-0.1, -0.05) is 29.8 Å². The van der Waals surface area contributed by atoms with Gasteiger partial charge in [0.2, 0.25) is 5.88 Å². The molecule has 3 heterocycles. The lowest BCUT2D eigenvalue weighted by Crippen LogP contribution is -2.48. The van der Waals surface area contributed by atoms with Crippen LogP contribution in [0.15, 0.2) is 24.3 Å². The van der Waals surface area contributed by atoms with E-state index in [9.17, 15) is 4.79 Å². The molecule has 2 aliphatic heterocycles. The molecule has 2 aliphatic rings. The molecule has 6 nitrogen and oxygen atoms in total. The highest BCUT2D eigenvalue weighted by atomic mass is 16.5. The summed E-state index contributed by atoms with van der Waals surface area (Å²) in [5.74, 6) is 0.792. The van der Waals surface area contributed by atoms with Crippen LogP contribution >= 0.6 is 0 Å². The smallest absolute Gasteiger partial charge is 0.274 e. The van der Waals surface area contributed by atoms with Crippen LogP contribution in [0.4, 0.5) is 0 Å². The second kappa shape index (κ2) is 7.11. The number of ether oxygens (including phenoxy) is 1. The van der Waals surface area contributed by atoms with Crippen LogP contribution in [0, 0.1) is 13.8 Å². The van der Waals surface area contributed by atoms with Crippen LogP contribution in [0.1, 0.15) is 33.6 Å². The number of carbonyl (C=O) groups is 1. The predicted molar refractivity (Wildman–Crippen MR) is 99.4 cm³/mol. The summed E-state index contributed by atoms with van der Waals surface area (Å²) in [6.45, 7) is 9.78. The Balaban J connectivity index is 1.38. The standard InChI is InChI=1S/C20H26N4O2/c1-15-4-6-17(7-5-15)14-22-9-11-23(12-10-22)19(25)18-16(2)20-24(21-18)8-3-13-26-20/h4-7H,3,8-14H2,1-2H3. The van der Waals surface area contributed by atoms with Crippen LogP contribution in [0.2, 0.25) is 0 Å². The molecule has 1 aromatic carbocycles. The molecule has 0 aliphatic carbocycles. The van der Waals surface area contributed by atoms with Gasteiger partial charge in [0.25, 0.3) is 5.91 Å². The Hall–Kier alpha value is -2.34. The van der Waals surface area contributed by atoms with E-state index in [1.54, 1.807) is 0 Å². The average Bonchev–Trinajstić information content (AvgIpc) is 3.01. The number of aromatic nitrogens is 2. The summed E-state index contributed by atoms with van der Waals surface area (Å²) < 4.78 is 7.52. The van der Waals surface area contributed by atoms with Crippen molar-refractivity contribution in [1.29, 1.82) is 0 Å². The Labute approximate surface area is 154 Å². The molecule has 1 fully saturated rings. The summed E-state index contributed by atoms with van der Waals surface area (Å²) >= 11 is 0.